The molecule has 3 heteroatoms. The maximum Gasteiger partial charge on any atom is 0.140 e. The Balaban J connectivity index is 2.17. The van der Waals surface area contributed by atoms with Crippen LogP contribution in [-0.4, -0.2) is 6.10 Å². The molecule has 0 saturated heterocycles. The molecule has 0 spiro atoms. The average molecular weight is 280 g/mol. The van der Waals surface area contributed by atoms with Gasteiger partial charge in [-0.05, 0) is 50.6 Å². The minimum absolute atomic E-state index is 0.117. The van der Waals surface area contributed by atoms with Crippen LogP contribution in [0.25, 0.3) is 0 Å². The van der Waals surface area contributed by atoms with E-state index in [1.165, 1.54) is 5.56 Å². The van der Waals surface area contributed by atoms with Gasteiger partial charge in [0.25, 0.3) is 0 Å². The second kappa shape index (κ2) is 6.81. The number of ether oxygens (including phenoxy) is 1. The molecule has 1 atom stereocenters. The van der Waals surface area contributed by atoms with Gasteiger partial charge < -0.3 is 10.1 Å². The van der Waals surface area contributed by atoms with Crippen molar-refractivity contribution in [1.29, 1.82) is 5.26 Å². The van der Waals surface area contributed by atoms with Gasteiger partial charge in [0.15, 0.2) is 0 Å². The normalized spacial score (nSPS) is 11.8. The number of nitrogens with zero attached hydrogens (tertiary/aromatic N) is 1. The number of hydrogen-bond donors (Lipinski definition) is 1. The van der Waals surface area contributed by atoms with Crippen LogP contribution in [0.1, 0.15) is 31.0 Å². The van der Waals surface area contributed by atoms with E-state index in [2.05, 4.69) is 11.4 Å². The zero-order valence-electron chi connectivity index (χ0n) is 12.6. The largest absolute Gasteiger partial charge is 0.491 e. The van der Waals surface area contributed by atoms with Gasteiger partial charge in [0.1, 0.15) is 11.8 Å². The predicted molar refractivity (Wildman–Crippen MR) is 85.4 cm³/mol. The van der Waals surface area contributed by atoms with Crippen molar-refractivity contribution < 1.29 is 4.74 Å². The molecule has 0 saturated carbocycles. The molecular weight excluding hydrogens is 260 g/mol. The van der Waals surface area contributed by atoms with Gasteiger partial charge in [-0.15, -0.1) is 0 Å². The lowest BCUT2D eigenvalue weighted by Gasteiger charge is -2.16. The lowest BCUT2D eigenvalue weighted by molar-refractivity contribution is 0.242. The molecule has 0 amide bonds. The molecule has 0 radical (unpaired) electrons. The molecular formula is C18H20N2O. The minimum Gasteiger partial charge on any atom is -0.491 e. The first-order chi connectivity index (χ1) is 10.1. The average Bonchev–Trinajstić information content (AvgIpc) is 2.46. The molecule has 0 aliphatic heterocycles. The van der Waals surface area contributed by atoms with E-state index < -0.39 is 6.04 Å². The summed E-state index contributed by atoms with van der Waals surface area (Å²) in [6, 6.07) is 17.6. The Labute approximate surface area is 126 Å². The van der Waals surface area contributed by atoms with E-state index >= 15 is 0 Å². The fourth-order valence-corrected chi connectivity index (χ4v) is 2.05. The van der Waals surface area contributed by atoms with Crippen molar-refractivity contribution >= 4 is 5.69 Å². The Morgan fingerprint density at radius 1 is 1.10 bits per heavy atom. The monoisotopic (exact) mass is 280 g/mol. The van der Waals surface area contributed by atoms with Crippen LogP contribution in [0.2, 0.25) is 0 Å². The van der Waals surface area contributed by atoms with Crippen molar-refractivity contribution in [2.45, 2.75) is 32.9 Å². The van der Waals surface area contributed by atoms with E-state index in [9.17, 15) is 5.26 Å². The minimum atomic E-state index is -0.400. The second-order valence-corrected chi connectivity index (χ2v) is 5.31. The highest BCUT2D eigenvalue weighted by atomic mass is 16.5. The third-order valence-corrected chi connectivity index (χ3v) is 3.05. The fraction of sp³-hybridized carbons (Fsp3) is 0.278. The summed E-state index contributed by atoms with van der Waals surface area (Å²) in [6.45, 7) is 6.01. The van der Waals surface area contributed by atoms with Crippen molar-refractivity contribution in [2.24, 2.45) is 0 Å². The molecule has 1 N–H and O–H groups in total. The highest BCUT2D eigenvalue weighted by molar-refractivity contribution is 5.49. The summed E-state index contributed by atoms with van der Waals surface area (Å²) in [5.74, 6) is 0.786. The van der Waals surface area contributed by atoms with Crippen LogP contribution in [0.3, 0.4) is 0 Å². The highest BCUT2D eigenvalue weighted by Crippen LogP contribution is 2.23. The van der Waals surface area contributed by atoms with Gasteiger partial charge in [0.05, 0.1) is 12.2 Å². The van der Waals surface area contributed by atoms with Crippen molar-refractivity contribution in [3.8, 4) is 11.8 Å². The quantitative estimate of drug-likeness (QED) is 0.879. The molecule has 0 heterocycles. The Kier molecular flexibility index (Phi) is 4.84. The molecule has 2 rings (SSSR count). The summed E-state index contributed by atoms with van der Waals surface area (Å²) in [5, 5.41) is 12.7. The van der Waals surface area contributed by atoms with Crippen LogP contribution in [0.5, 0.6) is 5.75 Å². The maximum absolute atomic E-state index is 9.41. The molecule has 1 unspecified atom stereocenters. The van der Waals surface area contributed by atoms with E-state index in [4.69, 9.17) is 4.74 Å². The van der Waals surface area contributed by atoms with E-state index in [0.717, 1.165) is 17.0 Å². The maximum atomic E-state index is 9.41. The van der Waals surface area contributed by atoms with Gasteiger partial charge >= 0.3 is 0 Å². The topological polar surface area (TPSA) is 45.0 Å². The molecule has 0 aromatic heterocycles. The predicted octanol–water partition coefficient (Wildman–Crippen LogP) is 4.46. The number of rotatable bonds is 5. The van der Waals surface area contributed by atoms with Crippen molar-refractivity contribution in [3.05, 3.63) is 59.7 Å². The van der Waals surface area contributed by atoms with Crippen LogP contribution < -0.4 is 10.1 Å². The second-order valence-electron chi connectivity index (χ2n) is 5.31. The molecule has 0 bridgehead atoms. The summed E-state index contributed by atoms with van der Waals surface area (Å²) < 4.78 is 5.68. The van der Waals surface area contributed by atoms with Gasteiger partial charge in [-0.1, -0.05) is 29.8 Å². The molecule has 0 aliphatic rings. The van der Waals surface area contributed by atoms with Gasteiger partial charge in [-0.3, -0.25) is 0 Å². The first kappa shape index (κ1) is 14.9. The molecule has 108 valence electrons. The first-order valence-corrected chi connectivity index (χ1v) is 7.08. The summed E-state index contributed by atoms with van der Waals surface area (Å²) >= 11 is 0. The first-order valence-electron chi connectivity index (χ1n) is 7.08. The van der Waals surface area contributed by atoms with E-state index in [-0.39, 0.29) is 6.10 Å². The summed E-state index contributed by atoms with van der Waals surface area (Å²) in [6.07, 6.45) is 0.117. The van der Waals surface area contributed by atoms with Crippen LogP contribution >= 0.6 is 0 Å². The van der Waals surface area contributed by atoms with Crippen LogP contribution in [-0.2, 0) is 0 Å². The number of benzene rings is 2. The number of nitrogens with one attached hydrogen (secondary N) is 1. The van der Waals surface area contributed by atoms with Gasteiger partial charge in [0.2, 0.25) is 0 Å². The van der Waals surface area contributed by atoms with Crippen LogP contribution in [0, 0.1) is 18.3 Å². The van der Waals surface area contributed by atoms with Crippen LogP contribution in [0.15, 0.2) is 48.5 Å². The number of anilines is 1. The summed E-state index contributed by atoms with van der Waals surface area (Å²) in [7, 11) is 0. The smallest absolute Gasteiger partial charge is 0.140 e. The Hall–Kier alpha value is -2.47. The molecule has 21 heavy (non-hydrogen) atoms. The fourth-order valence-electron chi connectivity index (χ4n) is 2.05. The number of hydrogen-bond acceptors (Lipinski definition) is 3. The van der Waals surface area contributed by atoms with E-state index in [1.807, 2.05) is 69.3 Å². The van der Waals surface area contributed by atoms with Gasteiger partial charge in [-0.25, -0.2) is 0 Å². The molecule has 0 aliphatic carbocycles. The van der Waals surface area contributed by atoms with Crippen molar-refractivity contribution in [1.82, 2.24) is 0 Å². The highest BCUT2D eigenvalue weighted by Gasteiger charge is 2.11. The van der Waals surface area contributed by atoms with E-state index in [1.54, 1.807) is 0 Å². The summed E-state index contributed by atoms with van der Waals surface area (Å²) in [4.78, 5) is 0. The molecule has 0 fully saturated rings. The molecule has 2 aromatic rings. The molecule has 3 nitrogen and oxygen atoms in total. The summed E-state index contributed by atoms with van der Waals surface area (Å²) in [5.41, 5.74) is 3.03. The number of aryl methyl sites for hydroxylation is 1. The standard InChI is InChI=1S/C18H20N2O/c1-13(2)21-17-6-4-5-15(11-17)18(12-19)20-16-9-7-14(3)8-10-16/h4-11,13,18,20H,1-3H3. The van der Waals surface area contributed by atoms with Crippen molar-refractivity contribution in [2.75, 3.05) is 5.32 Å². The van der Waals surface area contributed by atoms with Crippen molar-refractivity contribution in [3.63, 3.8) is 0 Å². The van der Waals surface area contributed by atoms with Gasteiger partial charge in [-0.2, -0.15) is 5.26 Å². The Morgan fingerprint density at radius 2 is 1.81 bits per heavy atom. The zero-order chi connectivity index (χ0) is 15.2. The third-order valence-electron chi connectivity index (χ3n) is 3.05. The van der Waals surface area contributed by atoms with E-state index in [0.29, 0.717) is 0 Å². The SMILES string of the molecule is Cc1ccc(NC(C#N)c2cccc(OC(C)C)c2)cc1. The third kappa shape index (κ3) is 4.25. The lowest BCUT2D eigenvalue weighted by Crippen LogP contribution is -2.10. The molecule has 2 aromatic carbocycles. The van der Waals surface area contributed by atoms with Crippen LogP contribution in [0.4, 0.5) is 5.69 Å². The Morgan fingerprint density at radius 3 is 2.43 bits per heavy atom. The lowest BCUT2D eigenvalue weighted by atomic mass is 10.1. The number of nitriles is 1. The Bertz CT molecular complexity index is 626. The van der Waals surface area contributed by atoms with Gasteiger partial charge in [0, 0.05) is 5.69 Å². The zero-order valence-corrected chi connectivity index (χ0v) is 12.6.